The Kier molecular flexibility index (Phi) is 14.8. The number of aliphatic hydroxyl groups is 1. The zero-order valence-corrected chi connectivity index (χ0v) is 27.6. The Hall–Kier alpha value is -3.00. The molecule has 0 aromatic heterocycles. The fraction of sp³-hybridized carbons (Fsp3) is 0.548. The van der Waals surface area contributed by atoms with Crippen molar-refractivity contribution in [2.45, 2.75) is 75.9 Å². The van der Waals surface area contributed by atoms with Crippen molar-refractivity contribution in [3.05, 3.63) is 65.7 Å². The van der Waals surface area contributed by atoms with E-state index in [0.717, 1.165) is 11.8 Å². The van der Waals surface area contributed by atoms with Gasteiger partial charge in [-0.05, 0) is 42.5 Å². The first-order chi connectivity index (χ1) is 20.7. The molecule has 0 aliphatic heterocycles. The van der Waals surface area contributed by atoms with Crippen molar-refractivity contribution in [1.82, 2.24) is 10.2 Å². The van der Waals surface area contributed by atoms with Crippen LogP contribution in [-0.2, 0) is 42.2 Å². The summed E-state index contributed by atoms with van der Waals surface area (Å²) in [6.45, 7) is 3.40. The molecule has 0 unspecified atom stereocenters. The molecule has 0 bridgehead atoms. The van der Waals surface area contributed by atoms with Gasteiger partial charge in [0.1, 0.15) is 17.5 Å². The van der Waals surface area contributed by atoms with Crippen LogP contribution in [0.2, 0.25) is 0 Å². The molecule has 13 heteroatoms. The zero-order chi connectivity index (χ0) is 32.9. The number of benzene rings is 2. The van der Waals surface area contributed by atoms with Gasteiger partial charge in [-0.15, -0.1) is 0 Å². The molecule has 44 heavy (non-hydrogen) atoms. The molecule has 2 amide bonds. The predicted molar refractivity (Wildman–Crippen MR) is 172 cm³/mol. The van der Waals surface area contributed by atoms with Gasteiger partial charge in [-0.2, -0.15) is 0 Å². The van der Waals surface area contributed by atoms with Gasteiger partial charge in [0.05, 0.1) is 24.2 Å². The SMILES string of the molecule is CCCC(CCC)S(=O)(=O)C[C@H](NC(=O)CS(C)(=O)=O)C(=O)N(Cc1cccc(OC)c1)C[C@@H](O)[C@@H](N)Cc1ccccc1. The second-order valence-corrected chi connectivity index (χ2v) is 15.7. The number of ether oxygens (including phenoxy) is 1. The highest BCUT2D eigenvalue weighted by atomic mass is 32.2. The molecular formula is C31H47N3O8S2. The molecule has 0 spiro atoms. The Morgan fingerprint density at radius 3 is 2.16 bits per heavy atom. The Bertz CT molecular complexity index is 1410. The fourth-order valence-electron chi connectivity index (χ4n) is 4.99. The Morgan fingerprint density at radius 1 is 0.977 bits per heavy atom. The van der Waals surface area contributed by atoms with Crippen LogP contribution < -0.4 is 15.8 Å². The summed E-state index contributed by atoms with van der Waals surface area (Å²) in [6.07, 6.45) is 1.97. The minimum Gasteiger partial charge on any atom is -0.497 e. The van der Waals surface area contributed by atoms with Crippen LogP contribution in [0.4, 0.5) is 0 Å². The van der Waals surface area contributed by atoms with Crippen molar-refractivity contribution in [2.75, 3.05) is 31.4 Å². The summed E-state index contributed by atoms with van der Waals surface area (Å²) < 4.78 is 56.1. The minimum atomic E-state index is -3.90. The third-order valence-corrected chi connectivity index (χ3v) is 10.3. The molecule has 0 heterocycles. The fourth-order valence-corrected chi connectivity index (χ4v) is 7.70. The molecular weight excluding hydrogens is 606 g/mol. The van der Waals surface area contributed by atoms with Crippen LogP contribution in [0.1, 0.15) is 50.7 Å². The van der Waals surface area contributed by atoms with Crippen LogP contribution in [0.25, 0.3) is 0 Å². The normalized spacial score (nSPS) is 14.1. The van der Waals surface area contributed by atoms with Crippen molar-refractivity contribution < 1.29 is 36.3 Å². The smallest absolute Gasteiger partial charge is 0.246 e. The summed E-state index contributed by atoms with van der Waals surface area (Å²) in [5.74, 6) is -2.88. The lowest BCUT2D eigenvalue weighted by atomic mass is 10.0. The number of amides is 2. The number of aliphatic hydroxyl groups excluding tert-OH is 1. The van der Waals surface area contributed by atoms with Crippen molar-refractivity contribution >= 4 is 31.5 Å². The van der Waals surface area contributed by atoms with Crippen LogP contribution in [0.15, 0.2) is 54.6 Å². The first-order valence-corrected chi connectivity index (χ1v) is 18.5. The van der Waals surface area contributed by atoms with Gasteiger partial charge in [-0.1, -0.05) is 69.2 Å². The quantitative estimate of drug-likeness (QED) is 0.205. The van der Waals surface area contributed by atoms with Gasteiger partial charge in [-0.25, -0.2) is 16.8 Å². The van der Waals surface area contributed by atoms with Gasteiger partial charge in [0, 0.05) is 25.4 Å². The van der Waals surface area contributed by atoms with Crippen LogP contribution >= 0.6 is 0 Å². The number of nitrogens with zero attached hydrogens (tertiary/aromatic N) is 1. The maximum absolute atomic E-state index is 14.1. The van der Waals surface area contributed by atoms with E-state index in [2.05, 4.69) is 5.32 Å². The van der Waals surface area contributed by atoms with E-state index >= 15 is 0 Å². The third-order valence-electron chi connectivity index (χ3n) is 7.19. The Morgan fingerprint density at radius 2 is 1.59 bits per heavy atom. The molecule has 0 saturated heterocycles. The van der Waals surface area contributed by atoms with Gasteiger partial charge in [0.15, 0.2) is 19.7 Å². The number of hydrogen-bond donors (Lipinski definition) is 3. The molecule has 2 aromatic rings. The highest BCUT2D eigenvalue weighted by Crippen LogP contribution is 2.20. The second kappa shape index (κ2) is 17.5. The van der Waals surface area contributed by atoms with Gasteiger partial charge in [0.2, 0.25) is 11.8 Å². The van der Waals surface area contributed by atoms with E-state index in [1.54, 1.807) is 24.3 Å². The van der Waals surface area contributed by atoms with Crippen LogP contribution in [0.3, 0.4) is 0 Å². The summed E-state index contributed by atoms with van der Waals surface area (Å²) in [4.78, 5) is 28.1. The average molecular weight is 654 g/mol. The number of nitrogens with two attached hydrogens (primary N) is 1. The number of sulfone groups is 2. The molecule has 0 radical (unpaired) electrons. The monoisotopic (exact) mass is 653 g/mol. The third kappa shape index (κ3) is 12.5. The lowest BCUT2D eigenvalue weighted by Crippen LogP contribution is -2.55. The number of rotatable bonds is 19. The highest BCUT2D eigenvalue weighted by Gasteiger charge is 2.36. The summed E-state index contributed by atoms with van der Waals surface area (Å²) in [5.41, 5.74) is 7.84. The van der Waals surface area contributed by atoms with Crippen LogP contribution in [-0.4, -0.2) is 93.5 Å². The van der Waals surface area contributed by atoms with Crippen molar-refractivity contribution in [3.8, 4) is 5.75 Å². The molecule has 4 N–H and O–H groups in total. The minimum absolute atomic E-state index is 0.0585. The van der Waals surface area contributed by atoms with Gasteiger partial charge >= 0.3 is 0 Å². The van der Waals surface area contributed by atoms with Gasteiger partial charge < -0.3 is 25.8 Å². The molecule has 3 atom stereocenters. The standard InChI is InChI=1S/C31H47N3O8S2/c1-5-11-26(12-6-2)44(40,41)21-28(33-30(36)22-43(4,38)39)31(37)34(19-24-15-10-16-25(17-24)42-3)20-29(35)27(32)18-23-13-8-7-9-14-23/h7-10,13-17,26-29,35H,5-6,11-12,18-22,32H2,1-4H3,(H,33,36)/t27-,28-,29+/m0/s1. The summed E-state index contributed by atoms with van der Waals surface area (Å²) in [5, 5.41) is 12.8. The molecule has 2 rings (SSSR count). The van der Waals surface area contributed by atoms with Crippen LogP contribution in [0.5, 0.6) is 5.75 Å². The van der Waals surface area contributed by atoms with E-state index in [-0.39, 0.29) is 13.1 Å². The van der Waals surface area contributed by atoms with E-state index in [0.29, 0.717) is 43.4 Å². The number of hydrogen-bond acceptors (Lipinski definition) is 9. The van der Waals surface area contributed by atoms with Crippen LogP contribution in [0, 0.1) is 0 Å². The molecule has 0 saturated carbocycles. The van der Waals surface area contributed by atoms with Crippen molar-refractivity contribution in [3.63, 3.8) is 0 Å². The summed E-state index contributed by atoms with van der Waals surface area (Å²) >= 11 is 0. The number of carbonyl (C=O) groups excluding carboxylic acids is 2. The van der Waals surface area contributed by atoms with Gasteiger partial charge in [0.25, 0.3) is 0 Å². The number of carbonyl (C=O) groups is 2. The maximum Gasteiger partial charge on any atom is 0.246 e. The number of nitrogens with one attached hydrogen (secondary N) is 1. The molecule has 11 nitrogen and oxygen atoms in total. The summed E-state index contributed by atoms with van der Waals surface area (Å²) in [7, 11) is -6.17. The van der Waals surface area contributed by atoms with Gasteiger partial charge in [-0.3, -0.25) is 9.59 Å². The lowest BCUT2D eigenvalue weighted by Gasteiger charge is -2.32. The topological polar surface area (TPSA) is 173 Å². The van der Waals surface area contributed by atoms with E-state index < -0.39 is 66.4 Å². The largest absolute Gasteiger partial charge is 0.497 e. The second-order valence-electron chi connectivity index (χ2n) is 11.2. The van der Waals surface area contributed by atoms with E-state index in [1.165, 1.54) is 12.0 Å². The first kappa shape index (κ1) is 37.2. The van der Waals surface area contributed by atoms with E-state index in [1.807, 2.05) is 44.2 Å². The summed E-state index contributed by atoms with van der Waals surface area (Å²) in [6, 6.07) is 13.8. The van der Waals surface area contributed by atoms with E-state index in [9.17, 15) is 31.5 Å². The average Bonchev–Trinajstić information content (AvgIpc) is 2.95. The molecule has 2 aromatic carbocycles. The number of methoxy groups -OCH3 is 1. The molecule has 246 valence electrons. The molecule has 0 fully saturated rings. The highest BCUT2D eigenvalue weighted by molar-refractivity contribution is 7.92. The predicted octanol–water partition coefficient (Wildman–Crippen LogP) is 1.87. The zero-order valence-electron chi connectivity index (χ0n) is 26.0. The first-order valence-electron chi connectivity index (χ1n) is 14.8. The van der Waals surface area contributed by atoms with E-state index in [4.69, 9.17) is 10.5 Å². The van der Waals surface area contributed by atoms with Crippen molar-refractivity contribution in [1.29, 1.82) is 0 Å². The molecule has 0 aliphatic rings. The molecule has 0 aliphatic carbocycles. The maximum atomic E-state index is 14.1. The Balaban J connectivity index is 2.47. The lowest BCUT2D eigenvalue weighted by molar-refractivity contribution is -0.137. The van der Waals surface area contributed by atoms with Crippen molar-refractivity contribution in [2.24, 2.45) is 5.73 Å². The Labute approximate surface area is 262 Å².